The first-order chi connectivity index (χ1) is 11.4. The van der Waals surface area contributed by atoms with E-state index in [9.17, 15) is 4.79 Å². The number of carbonyl (C=O) groups is 1. The second-order valence-corrected chi connectivity index (χ2v) is 6.46. The highest BCUT2D eigenvalue weighted by atomic mass is 79.9. The zero-order chi connectivity index (χ0) is 17.3. The number of amides is 1. The normalized spacial score (nSPS) is 10.7. The zero-order valence-corrected chi connectivity index (χ0v) is 15.3. The summed E-state index contributed by atoms with van der Waals surface area (Å²) in [5, 5.41) is 7.25. The van der Waals surface area contributed by atoms with Gasteiger partial charge in [-0.05, 0) is 78.7 Å². The molecule has 0 fully saturated rings. The Morgan fingerprint density at radius 2 is 1.79 bits per heavy atom. The minimum absolute atomic E-state index is 0.155. The molecule has 0 bridgehead atoms. The van der Waals surface area contributed by atoms with Crippen molar-refractivity contribution in [1.29, 1.82) is 0 Å². The van der Waals surface area contributed by atoms with E-state index in [1.165, 1.54) is 0 Å². The van der Waals surface area contributed by atoms with Gasteiger partial charge in [-0.15, -0.1) is 0 Å². The quantitative estimate of drug-likeness (QED) is 0.735. The molecule has 3 rings (SSSR count). The third-order valence-corrected chi connectivity index (χ3v) is 4.28. The predicted octanol–water partition coefficient (Wildman–Crippen LogP) is 4.21. The molecule has 0 aliphatic rings. The largest absolute Gasteiger partial charge is 0.321 e. The number of rotatable bonds is 3. The SMILES string of the molecule is Cc1ccc(NC(=O)c2ccc(-n3nc(C)nc3C)cc2)c(Br)c1. The van der Waals surface area contributed by atoms with Crippen molar-refractivity contribution < 1.29 is 4.79 Å². The van der Waals surface area contributed by atoms with E-state index in [-0.39, 0.29) is 5.91 Å². The molecule has 122 valence electrons. The third-order valence-electron chi connectivity index (χ3n) is 3.62. The van der Waals surface area contributed by atoms with Gasteiger partial charge in [-0.2, -0.15) is 5.10 Å². The lowest BCUT2D eigenvalue weighted by atomic mass is 10.1. The van der Waals surface area contributed by atoms with Gasteiger partial charge in [0.1, 0.15) is 11.6 Å². The molecule has 1 aromatic heterocycles. The van der Waals surface area contributed by atoms with Crippen LogP contribution in [0.2, 0.25) is 0 Å². The number of aryl methyl sites for hydroxylation is 3. The minimum Gasteiger partial charge on any atom is -0.321 e. The smallest absolute Gasteiger partial charge is 0.255 e. The van der Waals surface area contributed by atoms with Gasteiger partial charge in [-0.25, -0.2) is 9.67 Å². The monoisotopic (exact) mass is 384 g/mol. The van der Waals surface area contributed by atoms with Crippen LogP contribution in [-0.4, -0.2) is 20.7 Å². The number of hydrogen-bond acceptors (Lipinski definition) is 3. The van der Waals surface area contributed by atoms with Crippen LogP contribution in [0.4, 0.5) is 5.69 Å². The molecule has 0 spiro atoms. The average molecular weight is 385 g/mol. The molecule has 6 heteroatoms. The predicted molar refractivity (Wildman–Crippen MR) is 97.7 cm³/mol. The van der Waals surface area contributed by atoms with Crippen LogP contribution in [0.5, 0.6) is 0 Å². The van der Waals surface area contributed by atoms with E-state index >= 15 is 0 Å². The van der Waals surface area contributed by atoms with Crippen molar-refractivity contribution >= 4 is 27.5 Å². The van der Waals surface area contributed by atoms with Crippen molar-refractivity contribution in [1.82, 2.24) is 14.8 Å². The summed E-state index contributed by atoms with van der Waals surface area (Å²) < 4.78 is 2.62. The number of benzene rings is 2. The van der Waals surface area contributed by atoms with Crippen LogP contribution in [0.25, 0.3) is 5.69 Å². The maximum Gasteiger partial charge on any atom is 0.255 e. The standard InChI is InChI=1S/C18H17BrN4O/c1-11-4-9-17(16(19)10-11)21-18(24)14-5-7-15(8-6-14)23-13(3)20-12(2)22-23/h4-10H,1-3H3,(H,21,24). The topological polar surface area (TPSA) is 59.8 Å². The molecular weight excluding hydrogens is 368 g/mol. The van der Waals surface area contributed by atoms with Crippen LogP contribution in [0.15, 0.2) is 46.9 Å². The van der Waals surface area contributed by atoms with E-state index in [0.717, 1.165) is 33.1 Å². The van der Waals surface area contributed by atoms with Gasteiger partial charge >= 0.3 is 0 Å². The van der Waals surface area contributed by atoms with Crippen LogP contribution in [-0.2, 0) is 0 Å². The molecule has 5 nitrogen and oxygen atoms in total. The summed E-state index contributed by atoms with van der Waals surface area (Å²) in [6.45, 7) is 5.75. The molecule has 0 radical (unpaired) electrons. The van der Waals surface area contributed by atoms with Gasteiger partial charge in [-0.1, -0.05) is 6.07 Å². The van der Waals surface area contributed by atoms with Crippen LogP contribution < -0.4 is 5.32 Å². The number of anilines is 1. The molecule has 1 N–H and O–H groups in total. The lowest BCUT2D eigenvalue weighted by Gasteiger charge is -2.09. The highest BCUT2D eigenvalue weighted by Crippen LogP contribution is 2.24. The molecule has 1 heterocycles. The van der Waals surface area contributed by atoms with Crippen molar-refractivity contribution in [3.8, 4) is 5.69 Å². The highest BCUT2D eigenvalue weighted by molar-refractivity contribution is 9.10. The molecule has 0 saturated carbocycles. The zero-order valence-electron chi connectivity index (χ0n) is 13.7. The Kier molecular flexibility index (Phi) is 4.49. The first kappa shape index (κ1) is 16.4. The van der Waals surface area contributed by atoms with Crippen molar-refractivity contribution in [2.45, 2.75) is 20.8 Å². The molecule has 0 saturated heterocycles. The average Bonchev–Trinajstić information content (AvgIpc) is 2.88. The van der Waals surface area contributed by atoms with Gasteiger partial charge < -0.3 is 5.32 Å². The number of carbonyl (C=O) groups excluding carboxylic acids is 1. The first-order valence-corrected chi connectivity index (χ1v) is 8.31. The van der Waals surface area contributed by atoms with Gasteiger partial charge in [-0.3, -0.25) is 4.79 Å². The van der Waals surface area contributed by atoms with Crippen molar-refractivity contribution in [2.75, 3.05) is 5.32 Å². The van der Waals surface area contributed by atoms with E-state index in [4.69, 9.17) is 0 Å². The summed E-state index contributed by atoms with van der Waals surface area (Å²) in [7, 11) is 0. The van der Waals surface area contributed by atoms with E-state index in [1.807, 2.05) is 51.1 Å². The fourth-order valence-electron chi connectivity index (χ4n) is 2.44. The fraction of sp³-hybridized carbons (Fsp3) is 0.167. The second-order valence-electron chi connectivity index (χ2n) is 5.60. The molecule has 0 unspecified atom stereocenters. The van der Waals surface area contributed by atoms with Crippen molar-refractivity contribution in [3.63, 3.8) is 0 Å². The van der Waals surface area contributed by atoms with Crippen LogP contribution in [0.3, 0.4) is 0 Å². The summed E-state index contributed by atoms with van der Waals surface area (Å²) in [5.74, 6) is 1.38. The summed E-state index contributed by atoms with van der Waals surface area (Å²) in [4.78, 5) is 16.7. The maximum atomic E-state index is 12.4. The van der Waals surface area contributed by atoms with Crippen molar-refractivity contribution in [3.05, 3.63) is 69.7 Å². The molecule has 0 aliphatic carbocycles. The molecule has 0 aliphatic heterocycles. The fourth-order valence-corrected chi connectivity index (χ4v) is 3.03. The Labute approximate surface area is 148 Å². The Balaban J connectivity index is 1.80. The van der Waals surface area contributed by atoms with E-state index < -0.39 is 0 Å². The van der Waals surface area contributed by atoms with Gasteiger partial charge in [0.25, 0.3) is 5.91 Å². The second kappa shape index (κ2) is 6.57. The Bertz CT molecular complexity index is 900. The first-order valence-electron chi connectivity index (χ1n) is 7.52. The van der Waals surface area contributed by atoms with Crippen molar-refractivity contribution in [2.24, 2.45) is 0 Å². The van der Waals surface area contributed by atoms with Crippen LogP contribution in [0.1, 0.15) is 27.6 Å². The maximum absolute atomic E-state index is 12.4. The molecule has 3 aromatic rings. The molecule has 1 amide bonds. The van der Waals surface area contributed by atoms with Gasteiger partial charge in [0, 0.05) is 10.0 Å². The van der Waals surface area contributed by atoms with Crippen LogP contribution >= 0.6 is 15.9 Å². The summed E-state index contributed by atoms with van der Waals surface area (Å²) in [6.07, 6.45) is 0. The Hall–Kier alpha value is -2.47. The number of aromatic nitrogens is 3. The third kappa shape index (κ3) is 3.38. The number of nitrogens with zero attached hydrogens (tertiary/aromatic N) is 3. The lowest BCUT2D eigenvalue weighted by molar-refractivity contribution is 0.102. The van der Waals surface area contributed by atoms with E-state index in [2.05, 4.69) is 31.3 Å². The van der Waals surface area contributed by atoms with Gasteiger partial charge in [0.2, 0.25) is 0 Å². The van der Waals surface area contributed by atoms with Gasteiger partial charge in [0.05, 0.1) is 11.4 Å². The number of halogens is 1. The lowest BCUT2D eigenvalue weighted by Crippen LogP contribution is -2.12. The summed E-state index contributed by atoms with van der Waals surface area (Å²) in [6, 6.07) is 13.1. The molecular formula is C18H17BrN4O. The summed E-state index contributed by atoms with van der Waals surface area (Å²) in [5.41, 5.74) is 3.34. The van der Waals surface area contributed by atoms with Crippen LogP contribution in [0, 0.1) is 20.8 Å². The van der Waals surface area contributed by atoms with E-state index in [0.29, 0.717) is 5.56 Å². The van der Waals surface area contributed by atoms with E-state index in [1.54, 1.807) is 16.8 Å². The summed E-state index contributed by atoms with van der Waals surface area (Å²) >= 11 is 3.47. The molecule has 2 aromatic carbocycles. The van der Waals surface area contributed by atoms with Gasteiger partial charge in [0.15, 0.2) is 0 Å². The number of nitrogens with one attached hydrogen (secondary N) is 1. The number of hydrogen-bond donors (Lipinski definition) is 1. The Morgan fingerprint density at radius 3 is 2.38 bits per heavy atom. The Morgan fingerprint density at radius 1 is 1.08 bits per heavy atom. The molecule has 0 atom stereocenters. The molecule has 24 heavy (non-hydrogen) atoms. The highest BCUT2D eigenvalue weighted by Gasteiger charge is 2.10. The minimum atomic E-state index is -0.155.